The first-order valence-electron chi connectivity index (χ1n) is 6.43. The average molecular weight is 236 g/mol. The molecule has 0 aromatic heterocycles. The molecule has 0 atom stereocenters. The zero-order valence-electron chi connectivity index (χ0n) is 10.5. The average Bonchev–Trinajstić information content (AvgIpc) is 2.43. The highest BCUT2D eigenvalue weighted by atomic mass is 16.5. The third kappa shape index (κ3) is 1.82. The van der Waals surface area contributed by atoms with Crippen LogP contribution in [0.25, 0.3) is 21.5 Å². The van der Waals surface area contributed by atoms with Crippen molar-refractivity contribution < 1.29 is 4.74 Å². The van der Waals surface area contributed by atoms with Crippen LogP contribution in [0.1, 0.15) is 13.3 Å². The lowest BCUT2D eigenvalue weighted by molar-refractivity contribution is 0.325. The lowest BCUT2D eigenvalue weighted by atomic mass is 10.0. The fourth-order valence-electron chi connectivity index (χ4n) is 2.33. The highest BCUT2D eigenvalue weighted by molar-refractivity contribution is 6.05. The molecule has 0 unspecified atom stereocenters. The molecule has 0 bridgehead atoms. The lowest BCUT2D eigenvalue weighted by Gasteiger charge is -2.12. The van der Waals surface area contributed by atoms with Crippen LogP contribution in [0.5, 0.6) is 5.75 Å². The summed E-state index contributed by atoms with van der Waals surface area (Å²) in [6.07, 6.45) is 1.03. The van der Waals surface area contributed by atoms with E-state index in [0.29, 0.717) is 0 Å². The van der Waals surface area contributed by atoms with E-state index in [1.54, 1.807) is 0 Å². The molecular formula is C17H16O. The van der Waals surface area contributed by atoms with Crippen molar-refractivity contribution in [3.05, 3.63) is 54.6 Å². The summed E-state index contributed by atoms with van der Waals surface area (Å²) in [5.41, 5.74) is 0. The third-order valence-electron chi connectivity index (χ3n) is 3.17. The van der Waals surface area contributed by atoms with E-state index in [1.165, 1.54) is 21.5 Å². The van der Waals surface area contributed by atoms with Gasteiger partial charge >= 0.3 is 0 Å². The minimum atomic E-state index is 0.762. The van der Waals surface area contributed by atoms with Crippen LogP contribution in [-0.2, 0) is 0 Å². The van der Waals surface area contributed by atoms with Crippen molar-refractivity contribution in [1.82, 2.24) is 0 Å². The molecule has 3 rings (SSSR count). The topological polar surface area (TPSA) is 9.23 Å². The van der Waals surface area contributed by atoms with E-state index in [0.717, 1.165) is 18.8 Å². The maximum Gasteiger partial charge on any atom is 0.134 e. The molecule has 0 amide bonds. The van der Waals surface area contributed by atoms with Gasteiger partial charge in [-0.2, -0.15) is 0 Å². The summed E-state index contributed by atoms with van der Waals surface area (Å²) in [7, 11) is 0. The Hall–Kier alpha value is -2.02. The molecule has 0 aliphatic rings. The maximum absolute atomic E-state index is 5.98. The first-order valence-corrected chi connectivity index (χ1v) is 6.43. The first-order chi connectivity index (χ1) is 8.90. The van der Waals surface area contributed by atoms with Crippen LogP contribution >= 0.6 is 0 Å². The number of fused-ring (bicyclic) bond motifs is 2. The molecule has 3 aromatic carbocycles. The van der Waals surface area contributed by atoms with Crippen LogP contribution in [0.4, 0.5) is 0 Å². The Balaban J connectivity index is 2.34. The van der Waals surface area contributed by atoms with E-state index in [2.05, 4.69) is 61.5 Å². The molecule has 1 heteroatoms. The molecule has 18 heavy (non-hydrogen) atoms. The van der Waals surface area contributed by atoms with Gasteiger partial charge in [-0.05, 0) is 23.3 Å². The monoisotopic (exact) mass is 236 g/mol. The Kier molecular flexibility index (Phi) is 2.89. The molecule has 0 spiro atoms. The minimum Gasteiger partial charge on any atom is -0.492 e. The van der Waals surface area contributed by atoms with E-state index < -0.39 is 0 Å². The van der Waals surface area contributed by atoms with Gasteiger partial charge in [-0.1, -0.05) is 55.5 Å². The van der Waals surface area contributed by atoms with Crippen molar-refractivity contribution in [2.75, 3.05) is 6.61 Å². The van der Waals surface area contributed by atoms with Crippen molar-refractivity contribution >= 4 is 21.5 Å². The van der Waals surface area contributed by atoms with Gasteiger partial charge in [0.25, 0.3) is 0 Å². The fraction of sp³-hybridized carbons (Fsp3) is 0.176. The van der Waals surface area contributed by atoms with Gasteiger partial charge in [0, 0.05) is 10.8 Å². The molecule has 3 aromatic rings. The third-order valence-corrected chi connectivity index (χ3v) is 3.17. The Bertz CT molecular complexity index is 631. The summed E-state index contributed by atoms with van der Waals surface area (Å²) in [5.74, 6) is 1.02. The molecule has 0 N–H and O–H groups in total. The number of ether oxygens (including phenoxy) is 1. The molecule has 0 saturated carbocycles. The summed E-state index contributed by atoms with van der Waals surface area (Å²) in [4.78, 5) is 0. The minimum absolute atomic E-state index is 0.762. The van der Waals surface area contributed by atoms with Crippen LogP contribution in [-0.4, -0.2) is 6.61 Å². The fourth-order valence-corrected chi connectivity index (χ4v) is 2.33. The maximum atomic E-state index is 5.98. The number of hydrogen-bond donors (Lipinski definition) is 0. The number of rotatable bonds is 3. The van der Waals surface area contributed by atoms with Crippen LogP contribution in [0, 0.1) is 0 Å². The predicted octanol–water partition coefficient (Wildman–Crippen LogP) is 4.78. The zero-order chi connectivity index (χ0) is 12.4. The summed E-state index contributed by atoms with van der Waals surface area (Å²) in [6, 6.07) is 19.0. The van der Waals surface area contributed by atoms with E-state index in [9.17, 15) is 0 Å². The van der Waals surface area contributed by atoms with E-state index in [1.807, 2.05) is 0 Å². The standard InChI is InChI=1S/C17H16O/c1-2-11-18-17-15-9-5-3-7-13(15)12-14-8-4-6-10-16(14)17/h3-10,12H,2,11H2,1H3. The van der Waals surface area contributed by atoms with Crippen LogP contribution in [0.15, 0.2) is 54.6 Å². The highest BCUT2D eigenvalue weighted by Gasteiger charge is 2.07. The SMILES string of the molecule is CCCOc1c2ccccc2cc2ccccc12. The van der Waals surface area contributed by atoms with E-state index >= 15 is 0 Å². The number of hydrogen-bond acceptors (Lipinski definition) is 1. The molecule has 1 nitrogen and oxygen atoms in total. The molecule has 0 aliphatic heterocycles. The summed E-state index contributed by atoms with van der Waals surface area (Å²) in [5, 5.41) is 4.87. The van der Waals surface area contributed by atoms with E-state index in [-0.39, 0.29) is 0 Å². The van der Waals surface area contributed by atoms with Crippen molar-refractivity contribution in [1.29, 1.82) is 0 Å². The van der Waals surface area contributed by atoms with E-state index in [4.69, 9.17) is 4.74 Å². The molecule has 0 heterocycles. The molecule has 90 valence electrons. The van der Waals surface area contributed by atoms with Gasteiger partial charge in [-0.3, -0.25) is 0 Å². The van der Waals surface area contributed by atoms with Gasteiger partial charge in [0.1, 0.15) is 5.75 Å². The Labute approximate surface area is 107 Å². The Morgan fingerprint density at radius 2 is 1.39 bits per heavy atom. The highest BCUT2D eigenvalue weighted by Crippen LogP contribution is 2.34. The van der Waals surface area contributed by atoms with Crippen molar-refractivity contribution in [2.45, 2.75) is 13.3 Å². The van der Waals surface area contributed by atoms with Gasteiger partial charge in [-0.15, -0.1) is 0 Å². The quantitative estimate of drug-likeness (QED) is 0.594. The zero-order valence-corrected chi connectivity index (χ0v) is 10.5. The van der Waals surface area contributed by atoms with Crippen molar-refractivity contribution in [3.8, 4) is 5.75 Å². The smallest absolute Gasteiger partial charge is 0.134 e. The summed E-state index contributed by atoms with van der Waals surface area (Å²) < 4.78 is 5.98. The summed E-state index contributed by atoms with van der Waals surface area (Å²) in [6.45, 7) is 2.89. The predicted molar refractivity (Wildman–Crippen MR) is 77.2 cm³/mol. The largest absolute Gasteiger partial charge is 0.492 e. The molecular weight excluding hydrogens is 220 g/mol. The van der Waals surface area contributed by atoms with Gasteiger partial charge in [0.05, 0.1) is 6.61 Å². The second-order valence-corrected chi connectivity index (χ2v) is 4.50. The number of benzene rings is 3. The Morgan fingerprint density at radius 1 is 0.833 bits per heavy atom. The summed E-state index contributed by atoms with van der Waals surface area (Å²) >= 11 is 0. The molecule has 0 radical (unpaired) electrons. The Morgan fingerprint density at radius 3 is 1.94 bits per heavy atom. The van der Waals surface area contributed by atoms with Gasteiger partial charge in [0.15, 0.2) is 0 Å². The first kappa shape index (κ1) is 11.1. The van der Waals surface area contributed by atoms with Gasteiger partial charge in [0.2, 0.25) is 0 Å². The van der Waals surface area contributed by atoms with Crippen molar-refractivity contribution in [3.63, 3.8) is 0 Å². The molecule has 0 aliphatic carbocycles. The molecule has 0 saturated heterocycles. The second-order valence-electron chi connectivity index (χ2n) is 4.50. The normalized spacial score (nSPS) is 10.9. The second kappa shape index (κ2) is 4.69. The van der Waals surface area contributed by atoms with Gasteiger partial charge < -0.3 is 4.74 Å². The molecule has 0 fully saturated rings. The lowest BCUT2D eigenvalue weighted by Crippen LogP contribution is -1.96. The van der Waals surface area contributed by atoms with Crippen LogP contribution in [0.3, 0.4) is 0 Å². The van der Waals surface area contributed by atoms with Crippen LogP contribution < -0.4 is 4.74 Å². The van der Waals surface area contributed by atoms with Crippen molar-refractivity contribution in [2.24, 2.45) is 0 Å². The van der Waals surface area contributed by atoms with Gasteiger partial charge in [-0.25, -0.2) is 0 Å². The van der Waals surface area contributed by atoms with Crippen LogP contribution in [0.2, 0.25) is 0 Å².